The lowest BCUT2D eigenvalue weighted by molar-refractivity contribution is 0.0955. The Bertz CT molecular complexity index is 1910. The number of sulfonamides is 1. The molecule has 0 fully saturated rings. The summed E-state index contributed by atoms with van der Waals surface area (Å²) in [6, 6.07) is 30.2. The Hall–Kier alpha value is -5.42. The van der Waals surface area contributed by atoms with E-state index in [1.54, 1.807) is 31.2 Å². The standard InChI is InChI=1S/C32H29N5O5S/c1-3-42-27-18-20-28(21-19-27)43(40,41)36-25-16-14-24(15-17-25)31(38)34-33-30(23-10-6-4-7-11-23)29-22(2)35-37(32(29)39)26-12-8-5-9-13-26/h4-21,35-36H,3H2,1-2H3,(H,34,38)/b33-30-. The van der Waals surface area contributed by atoms with E-state index in [0.717, 1.165) is 0 Å². The van der Waals surface area contributed by atoms with Gasteiger partial charge in [-0.15, -0.1) is 0 Å². The van der Waals surface area contributed by atoms with Gasteiger partial charge in [0.2, 0.25) is 0 Å². The van der Waals surface area contributed by atoms with Crippen molar-refractivity contribution >= 4 is 27.3 Å². The second kappa shape index (κ2) is 12.6. The monoisotopic (exact) mass is 595 g/mol. The Labute approximate surface area is 248 Å². The van der Waals surface area contributed by atoms with E-state index < -0.39 is 15.9 Å². The van der Waals surface area contributed by atoms with Crippen LogP contribution in [0.5, 0.6) is 5.75 Å². The second-order valence-corrected chi connectivity index (χ2v) is 11.1. The minimum Gasteiger partial charge on any atom is -0.494 e. The number of anilines is 1. The first kappa shape index (κ1) is 29.1. The Kier molecular flexibility index (Phi) is 8.54. The molecule has 0 atom stereocenters. The van der Waals surface area contributed by atoms with Crippen LogP contribution in [0.1, 0.15) is 34.1 Å². The summed E-state index contributed by atoms with van der Waals surface area (Å²) in [5.74, 6) is 0.0364. The molecule has 11 heteroatoms. The van der Waals surface area contributed by atoms with Gasteiger partial charge in [0.1, 0.15) is 11.5 Å². The number of amides is 1. The lowest BCUT2D eigenvalue weighted by atomic mass is 10.0. The highest BCUT2D eigenvalue weighted by Crippen LogP contribution is 2.20. The third kappa shape index (κ3) is 6.57. The molecule has 0 aliphatic carbocycles. The molecule has 0 unspecified atom stereocenters. The maximum atomic E-state index is 13.5. The Morgan fingerprint density at radius 2 is 1.49 bits per heavy atom. The van der Waals surface area contributed by atoms with Crippen molar-refractivity contribution in [3.8, 4) is 11.4 Å². The zero-order valence-electron chi connectivity index (χ0n) is 23.4. The topological polar surface area (TPSA) is 135 Å². The molecule has 1 aromatic heterocycles. The number of carbonyl (C=O) groups is 1. The molecular weight excluding hydrogens is 566 g/mol. The first-order chi connectivity index (χ1) is 20.8. The van der Waals surface area contributed by atoms with Crippen LogP contribution >= 0.6 is 0 Å². The minimum absolute atomic E-state index is 0.0759. The van der Waals surface area contributed by atoms with Crippen molar-refractivity contribution in [3.05, 3.63) is 142 Å². The molecule has 5 rings (SSSR count). The highest BCUT2D eigenvalue weighted by atomic mass is 32.2. The van der Waals surface area contributed by atoms with Crippen molar-refractivity contribution in [2.45, 2.75) is 18.7 Å². The number of rotatable bonds is 10. The number of hydrogen-bond acceptors (Lipinski definition) is 6. The third-order valence-corrected chi connectivity index (χ3v) is 7.88. The fourth-order valence-corrected chi connectivity index (χ4v) is 5.46. The molecule has 10 nitrogen and oxygen atoms in total. The summed E-state index contributed by atoms with van der Waals surface area (Å²) in [4.78, 5) is 26.6. The van der Waals surface area contributed by atoms with Crippen LogP contribution in [0, 0.1) is 6.92 Å². The van der Waals surface area contributed by atoms with E-state index in [1.165, 1.54) is 41.1 Å². The van der Waals surface area contributed by atoms with Crippen LogP contribution in [-0.4, -0.2) is 36.4 Å². The average Bonchev–Trinajstić information content (AvgIpc) is 3.32. The molecule has 1 heterocycles. The van der Waals surface area contributed by atoms with Crippen LogP contribution in [0.15, 0.2) is 124 Å². The molecule has 3 N–H and O–H groups in total. The summed E-state index contributed by atoms with van der Waals surface area (Å²) in [7, 11) is -3.85. The van der Waals surface area contributed by atoms with E-state index in [9.17, 15) is 18.0 Å². The van der Waals surface area contributed by atoms with Crippen molar-refractivity contribution in [2.24, 2.45) is 5.10 Å². The number of nitrogens with zero attached hydrogens (tertiary/aromatic N) is 2. The van der Waals surface area contributed by atoms with E-state index in [4.69, 9.17) is 4.74 Å². The summed E-state index contributed by atoms with van der Waals surface area (Å²) in [5.41, 5.74) is 5.24. The summed E-state index contributed by atoms with van der Waals surface area (Å²) >= 11 is 0. The van der Waals surface area contributed by atoms with Gasteiger partial charge in [0.25, 0.3) is 21.5 Å². The van der Waals surface area contributed by atoms with Gasteiger partial charge in [-0.05, 0) is 74.5 Å². The van der Waals surface area contributed by atoms with Crippen LogP contribution in [0.4, 0.5) is 5.69 Å². The van der Waals surface area contributed by atoms with E-state index in [-0.39, 0.29) is 21.7 Å². The molecule has 5 aromatic rings. The molecule has 0 bridgehead atoms. The lowest BCUT2D eigenvalue weighted by Crippen LogP contribution is -2.25. The van der Waals surface area contributed by atoms with Crippen molar-refractivity contribution < 1.29 is 17.9 Å². The molecule has 1 amide bonds. The Morgan fingerprint density at radius 3 is 2.12 bits per heavy atom. The number of ether oxygens (including phenoxy) is 1. The molecule has 0 aliphatic rings. The Morgan fingerprint density at radius 1 is 0.860 bits per heavy atom. The van der Waals surface area contributed by atoms with Gasteiger partial charge in [-0.1, -0.05) is 48.5 Å². The van der Waals surface area contributed by atoms with Gasteiger partial charge >= 0.3 is 0 Å². The first-order valence-corrected chi connectivity index (χ1v) is 14.9. The van der Waals surface area contributed by atoms with Gasteiger partial charge in [0.05, 0.1) is 22.8 Å². The van der Waals surface area contributed by atoms with E-state index in [0.29, 0.717) is 40.6 Å². The second-order valence-electron chi connectivity index (χ2n) is 9.44. The quantitative estimate of drug-likeness (QED) is 0.157. The van der Waals surface area contributed by atoms with Gasteiger partial charge in [0, 0.05) is 22.5 Å². The maximum absolute atomic E-state index is 13.5. The number of hydrogen-bond donors (Lipinski definition) is 3. The van der Waals surface area contributed by atoms with Gasteiger partial charge in [-0.2, -0.15) is 5.10 Å². The van der Waals surface area contributed by atoms with Gasteiger partial charge < -0.3 is 4.74 Å². The summed E-state index contributed by atoms with van der Waals surface area (Å²) in [5, 5.41) is 7.47. The molecule has 0 radical (unpaired) electrons. The zero-order valence-corrected chi connectivity index (χ0v) is 24.3. The number of aromatic nitrogens is 2. The minimum atomic E-state index is -3.85. The van der Waals surface area contributed by atoms with Gasteiger partial charge in [-0.25, -0.2) is 18.5 Å². The number of carbonyl (C=O) groups excluding carboxylic acids is 1. The number of H-pyrrole nitrogens is 1. The number of benzene rings is 4. The molecule has 43 heavy (non-hydrogen) atoms. The molecule has 4 aromatic carbocycles. The fraction of sp³-hybridized carbons (Fsp3) is 0.0938. The molecule has 0 saturated heterocycles. The van der Waals surface area contributed by atoms with Crippen LogP contribution in [0.2, 0.25) is 0 Å². The summed E-state index contributed by atoms with van der Waals surface area (Å²) in [6.07, 6.45) is 0. The number of para-hydroxylation sites is 1. The number of nitrogens with one attached hydrogen (secondary N) is 3. The predicted molar refractivity (Wildman–Crippen MR) is 166 cm³/mol. The molecule has 218 valence electrons. The van der Waals surface area contributed by atoms with Crippen LogP contribution in [0.3, 0.4) is 0 Å². The third-order valence-electron chi connectivity index (χ3n) is 6.48. The average molecular weight is 596 g/mol. The van der Waals surface area contributed by atoms with E-state index >= 15 is 0 Å². The van der Waals surface area contributed by atoms with Gasteiger partial charge in [0.15, 0.2) is 0 Å². The van der Waals surface area contributed by atoms with Crippen LogP contribution in [0.25, 0.3) is 5.69 Å². The van der Waals surface area contributed by atoms with E-state index in [2.05, 4.69) is 20.3 Å². The zero-order chi connectivity index (χ0) is 30.4. The normalized spacial score (nSPS) is 11.6. The molecule has 0 spiro atoms. The van der Waals surface area contributed by atoms with Crippen molar-refractivity contribution in [2.75, 3.05) is 11.3 Å². The van der Waals surface area contributed by atoms with Crippen LogP contribution in [-0.2, 0) is 10.0 Å². The molecular formula is C32H29N5O5S. The summed E-state index contributed by atoms with van der Waals surface area (Å²) < 4.78 is 34.9. The van der Waals surface area contributed by atoms with Crippen LogP contribution < -0.4 is 20.4 Å². The maximum Gasteiger partial charge on any atom is 0.281 e. The molecule has 0 aliphatic heterocycles. The van der Waals surface area contributed by atoms with E-state index in [1.807, 2.05) is 55.5 Å². The highest BCUT2D eigenvalue weighted by Gasteiger charge is 2.20. The fourth-order valence-electron chi connectivity index (χ4n) is 4.40. The van der Waals surface area contributed by atoms with Crippen molar-refractivity contribution in [1.82, 2.24) is 15.2 Å². The van der Waals surface area contributed by atoms with Gasteiger partial charge in [-0.3, -0.25) is 19.4 Å². The lowest BCUT2D eigenvalue weighted by Gasteiger charge is -2.10. The summed E-state index contributed by atoms with van der Waals surface area (Å²) in [6.45, 7) is 4.09. The smallest absolute Gasteiger partial charge is 0.281 e. The SMILES string of the molecule is CCOc1ccc(S(=O)(=O)Nc2ccc(C(=O)N/N=C(/c3ccccc3)c3c(C)[nH]n(-c4ccccc4)c3=O)cc2)cc1. The Balaban J connectivity index is 1.37. The van der Waals surface area contributed by atoms with Crippen molar-refractivity contribution in [3.63, 3.8) is 0 Å². The first-order valence-electron chi connectivity index (χ1n) is 13.4. The predicted octanol–water partition coefficient (Wildman–Crippen LogP) is 4.86. The number of aromatic amines is 1. The number of hydrazone groups is 1. The molecule has 0 saturated carbocycles. The largest absolute Gasteiger partial charge is 0.494 e. The van der Waals surface area contributed by atoms with Crippen molar-refractivity contribution in [1.29, 1.82) is 0 Å². The number of aryl methyl sites for hydroxylation is 1. The highest BCUT2D eigenvalue weighted by molar-refractivity contribution is 7.92.